The summed E-state index contributed by atoms with van der Waals surface area (Å²) in [6, 6.07) is 11.0. The van der Waals surface area contributed by atoms with Crippen molar-refractivity contribution in [3.63, 3.8) is 0 Å². The Balaban J connectivity index is 1.45. The molecule has 2 atom stereocenters. The molecule has 180 valence electrons. The van der Waals surface area contributed by atoms with Gasteiger partial charge in [0.05, 0.1) is 30.0 Å². The van der Waals surface area contributed by atoms with Crippen LogP contribution in [0.5, 0.6) is 5.75 Å². The van der Waals surface area contributed by atoms with Gasteiger partial charge in [0.1, 0.15) is 35.7 Å². The van der Waals surface area contributed by atoms with Crippen molar-refractivity contribution >= 4 is 28.9 Å². The SMILES string of the molecule is COc1ccc(C(=N)c2c(N)ncnc2NC(C)C2Nc3ccc(F)cc3C(=O)N2C2CC2)cc1. The molecule has 3 aromatic rings. The van der Waals surface area contributed by atoms with E-state index in [9.17, 15) is 9.18 Å². The highest BCUT2D eigenvalue weighted by molar-refractivity contribution is 6.16. The van der Waals surface area contributed by atoms with Crippen molar-refractivity contribution < 1.29 is 13.9 Å². The average molecular weight is 476 g/mol. The number of nitrogen functional groups attached to an aromatic ring is 1. The molecule has 10 heteroatoms. The van der Waals surface area contributed by atoms with Crippen molar-refractivity contribution in [3.05, 3.63) is 71.3 Å². The molecule has 1 saturated carbocycles. The van der Waals surface area contributed by atoms with Crippen LogP contribution in [0, 0.1) is 11.2 Å². The summed E-state index contributed by atoms with van der Waals surface area (Å²) < 4.78 is 19.0. The number of aromatic nitrogens is 2. The third-order valence-corrected chi connectivity index (χ3v) is 6.33. The smallest absolute Gasteiger partial charge is 0.258 e. The first kappa shape index (κ1) is 22.6. The van der Waals surface area contributed by atoms with E-state index in [1.54, 1.807) is 42.3 Å². The number of anilines is 3. The number of nitrogens with one attached hydrogen (secondary N) is 3. The number of amides is 1. The van der Waals surface area contributed by atoms with Gasteiger partial charge in [-0.2, -0.15) is 0 Å². The topological polar surface area (TPSA) is 129 Å². The van der Waals surface area contributed by atoms with Gasteiger partial charge in [0, 0.05) is 17.3 Å². The third kappa shape index (κ3) is 4.23. The molecular formula is C25H26FN7O2. The summed E-state index contributed by atoms with van der Waals surface area (Å²) >= 11 is 0. The minimum absolute atomic E-state index is 0.0909. The van der Waals surface area contributed by atoms with Crippen LogP contribution in [0.25, 0.3) is 0 Å². The molecule has 0 saturated heterocycles. The van der Waals surface area contributed by atoms with Crippen molar-refractivity contribution in [2.75, 3.05) is 23.5 Å². The number of carbonyl (C=O) groups is 1. The Morgan fingerprint density at radius 2 is 2.00 bits per heavy atom. The van der Waals surface area contributed by atoms with E-state index in [0.29, 0.717) is 33.9 Å². The number of fused-ring (bicyclic) bond motifs is 1. The Hall–Kier alpha value is -4.21. The molecule has 9 nitrogen and oxygen atoms in total. The van der Waals surface area contributed by atoms with Crippen LogP contribution in [-0.4, -0.2) is 51.8 Å². The van der Waals surface area contributed by atoms with Gasteiger partial charge in [-0.05, 0) is 62.2 Å². The summed E-state index contributed by atoms with van der Waals surface area (Å²) in [5.74, 6) is 0.591. The Morgan fingerprint density at radius 3 is 2.69 bits per heavy atom. The van der Waals surface area contributed by atoms with E-state index < -0.39 is 12.0 Å². The molecule has 1 aromatic heterocycles. The normalized spacial score (nSPS) is 17.9. The highest BCUT2D eigenvalue weighted by Gasteiger charge is 2.43. The van der Waals surface area contributed by atoms with Crippen molar-refractivity contribution in [2.45, 2.75) is 38.0 Å². The highest BCUT2D eigenvalue weighted by atomic mass is 19.1. The van der Waals surface area contributed by atoms with Crippen molar-refractivity contribution in [3.8, 4) is 5.75 Å². The molecule has 2 aromatic carbocycles. The first-order valence-corrected chi connectivity index (χ1v) is 11.4. The lowest BCUT2D eigenvalue weighted by Crippen LogP contribution is -2.56. The Kier molecular flexibility index (Phi) is 5.72. The summed E-state index contributed by atoms with van der Waals surface area (Å²) in [6.45, 7) is 1.92. The fourth-order valence-corrected chi connectivity index (χ4v) is 4.38. The highest BCUT2D eigenvalue weighted by Crippen LogP contribution is 2.37. The molecule has 5 N–H and O–H groups in total. The van der Waals surface area contributed by atoms with Crippen LogP contribution in [0.3, 0.4) is 0 Å². The van der Waals surface area contributed by atoms with Gasteiger partial charge in [-0.25, -0.2) is 14.4 Å². The van der Waals surface area contributed by atoms with Gasteiger partial charge in [0.25, 0.3) is 5.91 Å². The fourth-order valence-electron chi connectivity index (χ4n) is 4.38. The average Bonchev–Trinajstić information content (AvgIpc) is 3.69. The van der Waals surface area contributed by atoms with Crippen LogP contribution < -0.4 is 21.1 Å². The number of benzene rings is 2. The summed E-state index contributed by atoms with van der Waals surface area (Å²) in [4.78, 5) is 23.5. The maximum absolute atomic E-state index is 13.8. The van der Waals surface area contributed by atoms with E-state index in [-0.39, 0.29) is 29.5 Å². The van der Waals surface area contributed by atoms with Gasteiger partial charge in [-0.15, -0.1) is 0 Å². The summed E-state index contributed by atoms with van der Waals surface area (Å²) in [7, 11) is 1.58. The van der Waals surface area contributed by atoms with Gasteiger partial charge >= 0.3 is 0 Å². The van der Waals surface area contributed by atoms with E-state index in [4.69, 9.17) is 15.9 Å². The quantitative estimate of drug-likeness (QED) is 0.385. The molecule has 1 aliphatic heterocycles. The number of halogens is 1. The maximum atomic E-state index is 13.8. The molecule has 2 aliphatic rings. The molecule has 2 unspecified atom stereocenters. The van der Waals surface area contributed by atoms with Gasteiger partial charge in [-0.1, -0.05) is 0 Å². The van der Waals surface area contributed by atoms with Crippen LogP contribution in [0.4, 0.5) is 21.7 Å². The summed E-state index contributed by atoms with van der Waals surface area (Å²) in [6.07, 6.45) is 2.72. The lowest BCUT2D eigenvalue weighted by Gasteiger charge is -2.41. The standard InChI is InChI=1S/C25H26FN7O2/c1-13(24-32-19-10-5-15(26)11-18(19)25(34)33(24)16-6-7-16)31-23-20(22(28)29-12-30-23)21(27)14-3-8-17(35-2)9-4-14/h3-5,8-13,16,24,27,32H,6-7H2,1-2H3,(H3,28,29,30,31). The molecule has 35 heavy (non-hydrogen) atoms. The number of ether oxygens (including phenoxy) is 1. The van der Waals surface area contributed by atoms with Gasteiger partial charge in [-0.3, -0.25) is 10.2 Å². The van der Waals surface area contributed by atoms with Crippen molar-refractivity contribution in [1.82, 2.24) is 14.9 Å². The van der Waals surface area contributed by atoms with Crippen molar-refractivity contribution in [1.29, 1.82) is 5.41 Å². The molecule has 1 amide bonds. The van der Waals surface area contributed by atoms with E-state index in [1.165, 1.54) is 18.5 Å². The molecule has 1 aliphatic carbocycles. The van der Waals surface area contributed by atoms with Crippen LogP contribution >= 0.6 is 0 Å². The zero-order valence-corrected chi connectivity index (χ0v) is 19.4. The lowest BCUT2D eigenvalue weighted by atomic mass is 10.0. The second-order valence-corrected chi connectivity index (χ2v) is 8.74. The van der Waals surface area contributed by atoms with Gasteiger partial charge < -0.3 is 26.0 Å². The molecule has 0 radical (unpaired) electrons. The second-order valence-electron chi connectivity index (χ2n) is 8.74. The van der Waals surface area contributed by atoms with Gasteiger partial charge in [0.2, 0.25) is 0 Å². The molecule has 0 spiro atoms. The number of carbonyl (C=O) groups excluding carboxylic acids is 1. The number of methoxy groups -OCH3 is 1. The largest absolute Gasteiger partial charge is 0.497 e. The summed E-state index contributed by atoms with van der Waals surface area (Å²) in [5, 5.41) is 15.5. The predicted molar refractivity (Wildman–Crippen MR) is 131 cm³/mol. The minimum Gasteiger partial charge on any atom is -0.497 e. The molecule has 2 heterocycles. The molecular weight excluding hydrogens is 449 g/mol. The minimum atomic E-state index is -0.447. The van der Waals surface area contributed by atoms with Crippen LogP contribution in [0.2, 0.25) is 0 Å². The summed E-state index contributed by atoms with van der Waals surface area (Å²) in [5.41, 5.74) is 8.25. The zero-order chi connectivity index (χ0) is 24.7. The Morgan fingerprint density at radius 1 is 1.26 bits per heavy atom. The third-order valence-electron chi connectivity index (χ3n) is 6.33. The first-order valence-electron chi connectivity index (χ1n) is 11.4. The van der Waals surface area contributed by atoms with E-state index >= 15 is 0 Å². The monoisotopic (exact) mass is 475 g/mol. The van der Waals surface area contributed by atoms with Crippen molar-refractivity contribution in [2.24, 2.45) is 0 Å². The molecule has 1 fully saturated rings. The predicted octanol–water partition coefficient (Wildman–Crippen LogP) is 3.48. The Labute approximate surface area is 202 Å². The number of nitrogens with zero attached hydrogens (tertiary/aromatic N) is 3. The Bertz CT molecular complexity index is 1290. The van der Waals surface area contributed by atoms with Crippen LogP contribution in [-0.2, 0) is 0 Å². The number of rotatable bonds is 7. The second kappa shape index (κ2) is 8.86. The van der Waals surface area contributed by atoms with Gasteiger partial charge in [0.15, 0.2) is 0 Å². The number of hydrogen-bond donors (Lipinski definition) is 4. The maximum Gasteiger partial charge on any atom is 0.258 e. The van der Waals surface area contributed by atoms with Crippen LogP contribution in [0.15, 0.2) is 48.8 Å². The fraction of sp³-hybridized carbons (Fsp3) is 0.280. The molecule has 5 rings (SSSR count). The van der Waals surface area contributed by atoms with Crippen LogP contribution in [0.1, 0.15) is 41.3 Å². The van der Waals surface area contributed by atoms with E-state index in [2.05, 4.69) is 20.6 Å². The van der Waals surface area contributed by atoms with E-state index in [0.717, 1.165) is 12.8 Å². The first-order chi connectivity index (χ1) is 16.9. The van der Waals surface area contributed by atoms with E-state index in [1.807, 2.05) is 6.92 Å². The lowest BCUT2D eigenvalue weighted by molar-refractivity contribution is 0.0653. The number of nitrogens with two attached hydrogens (primary N) is 1. The molecule has 0 bridgehead atoms. The zero-order valence-electron chi connectivity index (χ0n) is 19.4. The number of hydrogen-bond acceptors (Lipinski definition) is 8.